The van der Waals surface area contributed by atoms with Gasteiger partial charge in [-0.1, -0.05) is 47.5 Å². The second kappa shape index (κ2) is 8.35. The maximum absolute atomic E-state index is 8.16. The minimum Gasteiger partial charge on any atom is -0.220 e. The molecule has 1 aliphatic rings. The van der Waals surface area contributed by atoms with Gasteiger partial charge in [0.15, 0.2) is 5.71 Å². The highest BCUT2D eigenvalue weighted by molar-refractivity contribution is 7.94. The van der Waals surface area contributed by atoms with Gasteiger partial charge in [-0.3, -0.25) is 0 Å². The Labute approximate surface area is 159 Å². The molecular formula is C21H26NO3S+. The van der Waals surface area contributed by atoms with E-state index in [-0.39, 0.29) is 5.41 Å². The third kappa shape index (κ3) is 3.86. The van der Waals surface area contributed by atoms with Crippen LogP contribution in [0.15, 0.2) is 48.5 Å². The Morgan fingerprint density at radius 2 is 1.81 bits per heavy atom. The lowest BCUT2D eigenvalue weighted by Gasteiger charge is -2.15. The summed E-state index contributed by atoms with van der Waals surface area (Å²) in [5.74, 6) is 0.785. The minimum absolute atomic E-state index is 0.0488. The van der Waals surface area contributed by atoms with Gasteiger partial charge in [-0.25, -0.2) is 5.26 Å². The largest absolute Gasteiger partial charge is 0.220 e. The Morgan fingerprint density at radius 1 is 1.04 bits per heavy atom. The lowest BCUT2D eigenvalue weighted by Crippen LogP contribution is -2.26. The van der Waals surface area contributed by atoms with Crippen molar-refractivity contribution in [3.63, 3.8) is 0 Å². The molecule has 0 saturated carbocycles. The van der Waals surface area contributed by atoms with Gasteiger partial charge in [0.05, 0.1) is 5.41 Å². The van der Waals surface area contributed by atoms with Crippen molar-refractivity contribution in [2.45, 2.75) is 39.0 Å². The van der Waals surface area contributed by atoms with Crippen molar-refractivity contribution in [2.24, 2.45) is 0 Å². The Kier molecular flexibility index (Phi) is 6.14. The zero-order valence-corrected chi connectivity index (χ0v) is 16.4. The summed E-state index contributed by atoms with van der Waals surface area (Å²) in [5.41, 5.74) is 6.64. The Hall–Kier alpha value is -1.66. The molecule has 138 valence electrons. The summed E-state index contributed by atoms with van der Waals surface area (Å²) in [6, 6.07) is 17.4. The number of nitrogens with zero attached hydrogens (tertiary/aromatic N) is 1. The summed E-state index contributed by atoms with van der Waals surface area (Å²) >= 11 is 1.12. The number of fused-ring (bicyclic) bond motifs is 1. The van der Waals surface area contributed by atoms with Crippen molar-refractivity contribution in [2.75, 3.05) is 12.3 Å². The summed E-state index contributed by atoms with van der Waals surface area (Å²) in [5, 5.41) is 11.8. The van der Waals surface area contributed by atoms with Crippen LogP contribution in [0, 0.1) is 0 Å². The zero-order valence-electron chi connectivity index (χ0n) is 15.6. The molecule has 0 bridgehead atoms. The van der Waals surface area contributed by atoms with Gasteiger partial charge in [0.1, 0.15) is 6.54 Å². The van der Waals surface area contributed by atoms with E-state index in [9.17, 15) is 0 Å². The first-order valence-corrected chi connectivity index (χ1v) is 9.88. The number of hydrogen-bond donors (Lipinski definition) is 1. The second-order valence-electron chi connectivity index (χ2n) is 7.13. The van der Waals surface area contributed by atoms with Gasteiger partial charge in [0.25, 0.3) is 0 Å². The molecular weight excluding hydrogens is 346 g/mol. The third-order valence-electron chi connectivity index (χ3n) is 5.32. The predicted molar refractivity (Wildman–Crippen MR) is 107 cm³/mol. The summed E-state index contributed by atoms with van der Waals surface area (Å²) in [4.78, 5) is 0. The minimum atomic E-state index is 0.0488. The average Bonchev–Trinajstić information content (AvgIpc) is 2.85. The van der Waals surface area contributed by atoms with Crippen molar-refractivity contribution in [3.8, 4) is 11.1 Å². The third-order valence-corrected chi connectivity index (χ3v) is 5.93. The summed E-state index contributed by atoms with van der Waals surface area (Å²) in [6.07, 6.45) is 2.04. The van der Waals surface area contributed by atoms with Crippen molar-refractivity contribution < 1.29 is 19.2 Å². The molecule has 0 spiro atoms. The van der Waals surface area contributed by atoms with Crippen LogP contribution in [-0.4, -0.2) is 27.8 Å². The smallest absolute Gasteiger partial charge is 0.210 e. The molecule has 0 radical (unpaired) electrons. The fourth-order valence-corrected chi connectivity index (χ4v) is 4.01. The quantitative estimate of drug-likeness (QED) is 0.215. The molecule has 1 aliphatic heterocycles. The summed E-state index contributed by atoms with van der Waals surface area (Å²) in [6.45, 7) is 7.80. The fourth-order valence-electron chi connectivity index (χ4n) is 3.58. The van der Waals surface area contributed by atoms with Gasteiger partial charge in [0.2, 0.25) is 5.69 Å². The predicted octanol–water partition coefficient (Wildman–Crippen LogP) is 5.60. The van der Waals surface area contributed by atoms with Gasteiger partial charge in [-0.15, -0.1) is 4.33 Å². The molecule has 26 heavy (non-hydrogen) atoms. The highest BCUT2D eigenvalue weighted by Crippen LogP contribution is 2.41. The molecule has 2 aromatic rings. The molecule has 0 aromatic heterocycles. The number of hydrogen-bond acceptors (Lipinski definition) is 4. The van der Waals surface area contributed by atoms with Gasteiger partial charge >= 0.3 is 0 Å². The summed E-state index contributed by atoms with van der Waals surface area (Å²) < 4.78 is 6.89. The summed E-state index contributed by atoms with van der Waals surface area (Å²) in [7, 11) is 0. The van der Waals surface area contributed by atoms with Crippen LogP contribution in [0.25, 0.3) is 11.1 Å². The molecule has 4 nitrogen and oxygen atoms in total. The molecule has 1 heterocycles. The first-order chi connectivity index (χ1) is 12.6. The van der Waals surface area contributed by atoms with Gasteiger partial charge in [-0.2, -0.15) is 4.58 Å². The van der Waals surface area contributed by atoms with E-state index in [1.807, 2.05) is 6.07 Å². The van der Waals surface area contributed by atoms with E-state index in [2.05, 4.69) is 77.2 Å². The van der Waals surface area contributed by atoms with E-state index in [0.717, 1.165) is 37.2 Å². The van der Waals surface area contributed by atoms with E-state index in [4.69, 9.17) is 5.26 Å². The fraction of sp³-hybridized carbons (Fsp3) is 0.381. The second-order valence-corrected chi connectivity index (χ2v) is 7.91. The van der Waals surface area contributed by atoms with Crippen molar-refractivity contribution >= 4 is 23.4 Å². The Balaban J connectivity index is 1.81. The number of benzene rings is 2. The lowest BCUT2D eigenvalue weighted by molar-refractivity contribution is -0.439. The van der Waals surface area contributed by atoms with Crippen LogP contribution in [0.2, 0.25) is 0 Å². The van der Waals surface area contributed by atoms with E-state index >= 15 is 0 Å². The highest BCUT2D eigenvalue weighted by Gasteiger charge is 2.42. The molecule has 2 aromatic carbocycles. The molecule has 0 saturated heterocycles. The van der Waals surface area contributed by atoms with Crippen LogP contribution in [-0.2, 0) is 14.8 Å². The maximum Gasteiger partial charge on any atom is 0.210 e. The van der Waals surface area contributed by atoms with Crippen LogP contribution < -0.4 is 0 Å². The monoisotopic (exact) mass is 372 g/mol. The lowest BCUT2D eigenvalue weighted by atomic mass is 9.82. The van der Waals surface area contributed by atoms with Gasteiger partial charge in [-0.05, 0) is 31.4 Å². The van der Waals surface area contributed by atoms with Crippen LogP contribution in [0.1, 0.15) is 39.2 Å². The highest BCUT2D eigenvalue weighted by atomic mass is 32.2. The first-order valence-electron chi connectivity index (χ1n) is 8.97. The molecule has 3 rings (SSSR count). The van der Waals surface area contributed by atoms with E-state index in [1.165, 1.54) is 28.1 Å². The first kappa shape index (κ1) is 19.1. The van der Waals surface area contributed by atoms with E-state index in [0.29, 0.717) is 0 Å². The van der Waals surface area contributed by atoms with Crippen LogP contribution in [0.3, 0.4) is 0 Å². The SMILES string of the molecule is CC1=[N+](CCCCSOOO)c2cc(-c3ccccc3)ccc2C1(C)C. The average molecular weight is 373 g/mol. The topological polar surface area (TPSA) is 41.7 Å². The van der Waals surface area contributed by atoms with E-state index in [1.54, 1.807) is 0 Å². The van der Waals surface area contributed by atoms with Crippen LogP contribution in [0.5, 0.6) is 0 Å². The van der Waals surface area contributed by atoms with Crippen LogP contribution >= 0.6 is 12.0 Å². The zero-order chi connectivity index (χ0) is 18.6. The normalized spacial score (nSPS) is 15.4. The van der Waals surface area contributed by atoms with Crippen LogP contribution in [0.4, 0.5) is 5.69 Å². The molecule has 0 atom stereocenters. The maximum atomic E-state index is 8.16. The molecule has 0 amide bonds. The molecule has 1 N–H and O–H groups in total. The number of unbranched alkanes of at least 4 members (excludes halogenated alkanes) is 1. The van der Waals surface area contributed by atoms with Crippen molar-refractivity contribution in [1.29, 1.82) is 0 Å². The molecule has 0 unspecified atom stereocenters. The Morgan fingerprint density at radius 3 is 2.54 bits per heavy atom. The molecule has 0 fully saturated rings. The van der Waals surface area contributed by atoms with Crippen molar-refractivity contribution in [1.82, 2.24) is 0 Å². The van der Waals surface area contributed by atoms with E-state index < -0.39 is 0 Å². The molecule has 5 heteroatoms. The van der Waals surface area contributed by atoms with Gasteiger partial charge in [0, 0.05) is 42.8 Å². The van der Waals surface area contributed by atoms with Gasteiger partial charge < -0.3 is 0 Å². The number of rotatable bonds is 8. The van der Waals surface area contributed by atoms with Crippen molar-refractivity contribution in [3.05, 3.63) is 54.1 Å². The molecule has 0 aliphatic carbocycles. The Bertz CT molecular complexity index is 787. The standard InChI is InChI=1S/C21H25NO3S/c1-16-21(2,3)19-12-11-18(17-9-5-4-6-10-17)15-20(19)22(16)13-7-8-14-26-25-24-23/h4-6,9-12,15H,7-8,13-14H2,1-3H3/p+1.